The molecule has 5 nitrogen and oxygen atoms in total. The first kappa shape index (κ1) is 18.2. The predicted molar refractivity (Wildman–Crippen MR) is 87.7 cm³/mol. The van der Waals surface area contributed by atoms with Crippen LogP contribution in [0.5, 0.6) is 0 Å². The van der Waals surface area contributed by atoms with Crippen molar-refractivity contribution in [2.45, 2.75) is 58.5 Å². The van der Waals surface area contributed by atoms with E-state index in [1.807, 2.05) is 0 Å². The standard InChI is InChI=1S/C16H33N3O2/c1-3-5-11-21-12-7-10-18-16(17-4-2)19-13-14-8-6-9-15(14)20/h14-15,20H,3-13H2,1-2H3,(H2,17,18,19). The van der Waals surface area contributed by atoms with Crippen molar-refractivity contribution >= 4 is 5.96 Å². The van der Waals surface area contributed by atoms with Crippen LogP contribution in [0.4, 0.5) is 0 Å². The molecule has 0 aromatic carbocycles. The first-order chi connectivity index (χ1) is 10.3. The summed E-state index contributed by atoms with van der Waals surface area (Å²) in [7, 11) is 0. The number of unbranched alkanes of at least 4 members (excludes halogenated alkanes) is 1. The van der Waals surface area contributed by atoms with E-state index in [0.717, 1.165) is 64.4 Å². The zero-order chi connectivity index (χ0) is 15.3. The molecule has 0 heterocycles. The number of ether oxygens (including phenoxy) is 1. The summed E-state index contributed by atoms with van der Waals surface area (Å²) in [4.78, 5) is 4.59. The van der Waals surface area contributed by atoms with Crippen LogP contribution in [0.3, 0.4) is 0 Å². The van der Waals surface area contributed by atoms with Crippen LogP contribution < -0.4 is 10.6 Å². The number of aliphatic imine (C=N–C) groups is 1. The van der Waals surface area contributed by atoms with Crippen molar-refractivity contribution < 1.29 is 9.84 Å². The minimum Gasteiger partial charge on any atom is -0.393 e. The van der Waals surface area contributed by atoms with Crippen LogP contribution in [0.25, 0.3) is 0 Å². The minimum absolute atomic E-state index is 0.163. The third kappa shape index (κ3) is 8.27. The lowest BCUT2D eigenvalue weighted by atomic mass is 10.1. The second-order valence-electron chi connectivity index (χ2n) is 5.72. The molecule has 0 aromatic rings. The van der Waals surface area contributed by atoms with Gasteiger partial charge in [-0.2, -0.15) is 0 Å². The third-order valence-corrected chi connectivity index (χ3v) is 3.85. The molecule has 0 spiro atoms. The van der Waals surface area contributed by atoms with Gasteiger partial charge in [0.05, 0.1) is 6.10 Å². The van der Waals surface area contributed by atoms with Crippen molar-refractivity contribution in [1.82, 2.24) is 10.6 Å². The number of aliphatic hydroxyl groups is 1. The molecule has 1 saturated carbocycles. The van der Waals surface area contributed by atoms with Crippen molar-refractivity contribution in [3.63, 3.8) is 0 Å². The summed E-state index contributed by atoms with van der Waals surface area (Å²) >= 11 is 0. The summed E-state index contributed by atoms with van der Waals surface area (Å²) in [6.45, 7) is 8.33. The zero-order valence-corrected chi connectivity index (χ0v) is 13.7. The van der Waals surface area contributed by atoms with Crippen molar-refractivity contribution in [2.75, 3.05) is 32.8 Å². The molecule has 2 atom stereocenters. The van der Waals surface area contributed by atoms with E-state index in [2.05, 4.69) is 29.5 Å². The maximum Gasteiger partial charge on any atom is 0.191 e. The SMILES string of the molecule is CCCCOCCCNC(=NCC1CCCC1O)NCC. The van der Waals surface area contributed by atoms with Gasteiger partial charge in [-0.15, -0.1) is 0 Å². The van der Waals surface area contributed by atoms with Crippen molar-refractivity contribution in [3.8, 4) is 0 Å². The van der Waals surface area contributed by atoms with Gasteiger partial charge in [-0.3, -0.25) is 4.99 Å². The highest BCUT2D eigenvalue weighted by Crippen LogP contribution is 2.25. The molecule has 0 bridgehead atoms. The first-order valence-electron chi connectivity index (χ1n) is 8.55. The molecule has 21 heavy (non-hydrogen) atoms. The van der Waals surface area contributed by atoms with Crippen LogP contribution in [0.2, 0.25) is 0 Å². The lowest BCUT2D eigenvalue weighted by Crippen LogP contribution is -2.38. The Balaban J connectivity index is 2.16. The number of aliphatic hydroxyl groups excluding tert-OH is 1. The van der Waals surface area contributed by atoms with Crippen LogP contribution in [0.1, 0.15) is 52.4 Å². The second-order valence-corrected chi connectivity index (χ2v) is 5.72. The maximum absolute atomic E-state index is 9.82. The summed E-state index contributed by atoms with van der Waals surface area (Å²) < 4.78 is 5.54. The molecule has 5 heteroatoms. The van der Waals surface area contributed by atoms with E-state index in [1.165, 1.54) is 6.42 Å². The van der Waals surface area contributed by atoms with Gasteiger partial charge >= 0.3 is 0 Å². The Morgan fingerprint density at radius 2 is 2.00 bits per heavy atom. The van der Waals surface area contributed by atoms with Crippen molar-refractivity contribution in [3.05, 3.63) is 0 Å². The van der Waals surface area contributed by atoms with Crippen molar-refractivity contribution in [1.29, 1.82) is 0 Å². The topological polar surface area (TPSA) is 65.9 Å². The van der Waals surface area contributed by atoms with E-state index in [-0.39, 0.29) is 6.10 Å². The monoisotopic (exact) mass is 299 g/mol. The normalized spacial score (nSPS) is 22.5. The average Bonchev–Trinajstić information content (AvgIpc) is 2.89. The number of rotatable bonds is 10. The van der Waals surface area contributed by atoms with Gasteiger partial charge in [-0.05, 0) is 32.6 Å². The van der Waals surface area contributed by atoms with Gasteiger partial charge in [0.2, 0.25) is 0 Å². The van der Waals surface area contributed by atoms with Crippen LogP contribution in [0.15, 0.2) is 4.99 Å². The molecular weight excluding hydrogens is 266 g/mol. The van der Waals surface area contributed by atoms with Crippen LogP contribution >= 0.6 is 0 Å². The Labute approximate surface area is 129 Å². The van der Waals surface area contributed by atoms with Gasteiger partial charge in [-0.25, -0.2) is 0 Å². The zero-order valence-electron chi connectivity index (χ0n) is 13.7. The number of hydrogen-bond acceptors (Lipinski definition) is 3. The average molecular weight is 299 g/mol. The summed E-state index contributed by atoms with van der Waals surface area (Å²) in [5.74, 6) is 1.18. The molecule has 1 aliphatic rings. The summed E-state index contributed by atoms with van der Waals surface area (Å²) in [6, 6.07) is 0. The number of nitrogens with zero attached hydrogens (tertiary/aromatic N) is 1. The quantitative estimate of drug-likeness (QED) is 0.327. The van der Waals surface area contributed by atoms with E-state index in [0.29, 0.717) is 12.5 Å². The van der Waals surface area contributed by atoms with Gasteiger partial charge in [0, 0.05) is 38.8 Å². The highest BCUT2D eigenvalue weighted by Gasteiger charge is 2.24. The number of guanidine groups is 1. The van der Waals surface area contributed by atoms with E-state index in [1.54, 1.807) is 0 Å². The van der Waals surface area contributed by atoms with E-state index < -0.39 is 0 Å². The molecule has 0 aliphatic heterocycles. The fourth-order valence-corrected chi connectivity index (χ4v) is 2.51. The smallest absolute Gasteiger partial charge is 0.191 e. The fraction of sp³-hybridized carbons (Fsp3) is 0.938. The molecule has 124 valence electrons. The molecule has 2 unspecified atom stereocenters. The van der Waals surface area contributed by atoms with E-state index >= 15 is 0 Å². The Hall–Kier alpha value is -0.810. The molecule has 1 rings (SSSR count). The number of hydrogen-bond donors (Lipinski definition) is 3. The lowest BCUT2D eigenvalue weighted by Gasteiger charge is -2.15. The van der Waals surface area contributed by atoms with Crippen molar-refractivity contribution in [2.24, 2.45) is 10.9 Å². The molecule has 0 amide bonds. The molecule has 0 aromatic heterocycles. The highest BCUT2D eigenvalue weighted by molar-refractivity contribution is 5.79. The molecule has 1 aliphatic carbocycles. The Kier molecular flexibility index (Phi) is 10.3. The number of nitrogens with one attached hydrogen (secondary N) is 2. The highest BCUT2D eigenvalue weighted by atomic mass is 16.5. The molecule has 1 fully saturated rings. The molecule has 3 N–H and O–H groups in total. The Morgan fingerprint density at radius 3 is 2.67 bits per heavy atom. The summed E-state index contributed by atoms with van der Waals surface area (Å²) in [6.07, 6.45) is 6.29. The molecular formula is C16H33N3O2. The lowest BCUT2D eigenvalue weighted by molar-refractivity contribution is 0.129. The fourth-order valence-electron chi connectivity index (χ4n) is 2.51. The van der Waals surface area contributed by atoms with Crippen LogP contribution in [0, 0.1) is 5.92 Å². The Bertz CT molecular complexity index is 285. The maximum atomic E-state index is 9.82. The third-order valence-electron chi connectivity index (χ3n) is 3.85. The first-order valence-corrected chi connectivity index (χ1v) is 8.55. The van der Waals surface area contributed by atoms with Crippen LogP contribution in [-0.2, 0) is 4.74 Å². The predicted octanol–water partition coefficient (Wildman–Crippen LogP) is 1.91. The van der Waals surface area contributed by atoms with E-state index in [9.17, 15) is 5.11 Å². The van der Waals surface area contributed by atoms with Gasteiger partial charge in [0.1, 0.15) is 0 Å². The molecule has 0 saturated heterocycles. The van der Waals surface area contributed by atoms with Crippen LogP contribution in [-0.4, -0.2) is 50.0 Å². The second kappa shape index (κ2) is 11.8. The Morgan fingerprint density at radius 1 is 1.19 bits per heavy atom. The largest absolute Gasteiger partial charge is 0.393 e. The summed E-state index contributed by atoms with van der Waals surface area (Å²) in [5.41, 5.74) is 0. The minimum atomic E-state index is -0.163. The van der Waals surface area contributed by atoms with Gasteiger partial charge < -0.3 is 20.5 Å². The summed E-state index contributed by atoms with van der Waals surface area (Å²) in [5, 5.41) is 16.4. The van der Waals surface area contributed by atoms with E-state index in [4.69, 9.17) is 4.74 Å². The van der Waals surface area contributed by atoms with Gasteiger partial charge in [0.15, 0.2) is 5.96 Å². The van der Waals surface area contributed by atoms with Gasteiger partial charge in [0.25, 0.3) is 0 Å². The van der Waals surface area contributed by atoms with Gasteiger partial charge in [-0.1, -0.05) is 19.8 Å². The molecule has 0 radical (unpaired) electrons.